The normalized spacial score (nSPS) is 19.2. The summed E-state index contributed by atoms with van der Waals surface area (Å²) in [5.74, 6) is 0.689. The van der Waals surface area contributed by atoms with Crippen molar-refractivity contribution < 1.29 is 13.2 Å². The second kappa shape index (κ2) is 6.34. The minimum Gasteiger partial charge on any atom is -0.497 e. The number of ether oxygens (including phenoxy) is 1. The van der Waals surface area contributed by atoms with Gasteiger partial charge in [-0.3, -0.25) is 0 Å². The van der Waals surface area contributed by atoms with Gasteiger partial charge < -0.3 is 10.1 Å². The number of likely N-dealkylation sites (N-methyl/N-ethyl adjacent to an activating group) is 1. The van der Waals surface area contributed by atoms with Crippen molar-refractivity contribution in [2.45, 2.75) is 38.1 Å². The SMILES string of the molecule is CCN(C1CCNC1)S(=O)(=O)c1c(C)cc(OC)cc1C. The summed E-state index contributed by atoms with van der Waals surface area (Å²) in [6.45, 7) is 7.62. The lowest BCUT2D eigenvalue weighted by atomic mass is 10.1. The maximum Gasteiger partial charge on any atom is 0.243 e. The smallest absolute Gasteiger partial charge is 0.243 e. The van der Waals surface area contributed by atoms with E-state index in [1.165, 1.54) is 0 Å². The van der Waals surface area contributed by atoms with Crippen LogP contribution < -0.4 is 10.1 Å². The maximum absolute atomic E-state index is 13.0. The lowest BCUT2D eigenvalue weighted by Crippen LogP contribution is -2.41. The molecule has 118 valence electrons. The highest BCUT2D eigenvalue weighted by atomic mass is 32.2. The zero-order valence-corrected chi connectivity index (χ0v) is 14.0. The molecule has 0 bridgehead atoms. The summed E-state index contributed by atoms with van der Waals surface area (Å²) in [4.78, 5) is 0.414. The van der Waals surface area contributed by atoms with E-state index in [1.54, 1.807) is 23.5 Å². The first-order chi connectivity index (χ1) is 9.91. The van der Waals surface area contributed by atoms with Gasteiger partial charge in [0, 0.05) is 19.1 Å². The van der Waals surface area contributed by atoms with Gasteiger partial charge >= 0.3 is 0 Å². The number of benzene rings is 1. The topological polar surface area (TPSA) is 58.6 Å². The summed E-state index contributed by atoms with van der Waals surface area (Å²) < 4.78 is 32.9. The van der Waals surface area contributed by atoms with Crippen LogP contribution in [-0.4, -0.2) is 45.5 Å². The van der Waals surface area contributed by atoms with Crippen molar-refractivity contribution in [3.63, 3.8) is 0 Å². The summed E-state index contributed by atoms with van der Waals surface area (Å²) in [6, 6.07) is 3.60. The lowest BCUT2D eigenvalue weighted by Gasteiger charge is -2.28. The molecule has 1 saturated heterocycles. The Kier molecular flexibility index (Phi) is 4.91. The quantitative estimate of drug-likeness (QED) is 0.899. The summed E-state index contributed by atoms with van der Waals surface area (Å²) >= 11 is 0. The van der Waals surface area contributed by atoms with Crippen molar-refractivity contribution in [3.8, 4) is 5.75 Å². The zero-order valence-electron chi connectivity index (χ0n) is 13.1. The minimum atomic E-state index is -3.48. The third kappa shape index (κ3) is 3.07. The van der Waals surface area contributed by atoms with Gasteiger partial charge in [0.2, 0.25) is 10.0 Å². The number of nitrogens with one attached hydrogen (secondary N) is 1. The molecule has 0 saturated carbocycles. The predicted octanol–water partition coefficient (Wildman–Crippen LogP) is 1.68. The average molecular weight is 312 g/mol. The van der Waals surface area contributed by atoms with E-state index in [9.17, 15) is 8.42 Å². The van der Waals surface area contributed by atoms with Crippen LogP contribution in [0.4, 0.5) is 0 Å². The van der Waals surface area contributed by atoms with Crippen LogP contribution in [0.3, 0.4) is 0 Å². The Morgan fingerprint density at radius 1 is 1.33 bits per heavy atom. The van der Waals surface area contributed by atoms with Gasteiger partial charge in [-0.15, -0.1) is 0 Å². The number of rotatable bonds is 5. The van der Waals surface area contributed by atoms with Gasteiger partial charge in [-0.1, -0.05) is 6.92 Å². The molecule has 0 aliphatic carbocycles. The van der Waals surface area contributed by atoms with E-state index in [1.807, 2.05) is 20.8 Å². The Hall–Kier alpha value is -1.11. The van der Waals surface area contributed by atoms with Crippen molar-refractivity contribution in [1.82, 2.24) is 9.62 Å². The van der Waals surface area contributed by atoms with Crippen molar-refractivity contribution in [1.29, 1.82) is 0 Å². The molecule has 0 spiro atoms. The van der Waals surface area contributed by atoms with E-state index in [-0.39, 0.29) is 6.04 Å². The van der Waals surface area contributed by atoms with Gasteiger partial charge in [-0.2, -0.15) is 4.31 Å². The van der Waals surface area contributed by atoms with Gasteiger partial charge in [0.1, 0.15) is 5.75 Å². The maximum atomic E-state index is 13.0. The van der Waals surface area contributed by atoms with Crippen molar-refractivity contribution >= 4 is 10.0 Å². The van der Waals surface area contributed by atoms with Crippen LogP contribution in [0.5, 0.6) is 5.75 Å². The van der Waals surface area contributed by atoms with Gasteiger partial charge in [0.25, 0.3) is 0 Å². The fourth-order valence-electron chi connectivity index (χ4n) is 3.06. The molecule has 1 fully saturated rings. The third-order valence-corrected chi connectivity index (χ3v) is 6.32. The first-order valence-corrected chi connectivity index (χ1v) is 8.73. The summed E-state index contributed by atoms with van der Waals surface area (Å²) in [7, 11) is -1.89. The van der Waals surface area contributed by atoms with Crippen LogP contribution in [-0.2, 0) is 10.0 Å². The fraction of sp³-hybridized carbons (Fsp3) is 0.600. The van der Waals surface area contributed by atoms with Crippen molar-refractivity contribution in [2.75, 3.05) is 26.7 Å². The Balaban J connectivity index is 2.47. The highest BCUT2D eigenvalue weighted by molar-refractivity contribution is 7.89. The summed E-state index contributed by atoms with van der Waals surface area (Å²) in [5.41, 5.74) is 1.47. The standard InChI is InChI=1S/C15H24N2O3S/c1-5-17(13-6-7-16-10-13)21(18,19)15-11(2)8-14(20-4)9-12(15)3/h8-9,13,16H,5-7,10H2,1-4H3. The highest BCUT2D eigenvalue weighted by Crippen LogP contribution is 2.29. The summed E-state index contributed by atoms with van der Waals surface area (Å²) in [6.07, 6.45) is 0.862. The third-order valence-electron chi connectivity index (χ3n) is 3.99. The Bertz CT molecular complexity index is 584. The van der Waals surface area contributed by atoms with E-state index in [0.717, 1.165) is 30.6 Å². The van der Waals surface area contributed by atoms with E-state index in [2.05, 4.69) is 5.32 Å². The number of sulfonamides is 1. The molecule has 1 atom stereocenters. The predicted molar refractivity (Wildman–Crippen MR) is 83.3 cm³/mol. The molecule has 2 rings (SSSR count). The summed E-state index contributed by atoms with van der Waals surface area (Å²) in [5, 5.41) is 3.23. The molecule has 1 heterocycles. The lowest BCUT2D eigenvalue weighted by molar-refractivity contribution is 0.348. The molecule has 0 aromatic heterocycles. The van der Waals surface area contributed by atoms with Gasteiger partial charge in [0.15, 0.2) is 0 Å². The van der Waals surface area contributed by atoms with Crippen LogP contribution in [0.15, 0.2) is 17.0 Å². The van der Waals surface area contributed by atoms with Gasteiger partial charge in [0.05, 0.1) is 12.0 Å². The number of nitrogens with zero attached hydrogens (tertiary/aromatic N) is 1. The van der Waals surface area contributed by atoms with E-state index in [0.29, 0.717) is 17.2 Å². The van der Waals surface area contributed by atoms with Crippen LogP contribution >= 0.6 is 0 Å². The minimum absolute atomic E-state index is 0.0425. The second-order valence-electron chi connectivity index (χ2n) is 5.45. The molecule has 5 nitrogen and oxygen atoms in total. The molecule has 21 heavy (non-hydrogen) atoms. The van der Waals surface area contributed by atoms with Crippen molar-refractivity contribution in [3.05, 3.63) is 23.3 Å². The first-order valence-electron chi connectivity index (χ1n) is 7.29. The van der Waals surface area contributed by atoms with Gasteiger partial charge in [-0.25, -0.2) is 8.42 Å². The molecule has 6 heteroatoms. The fourth-order valence-corrected chi connectivity index (χ4v) is 5.14. The molecular formula is C15H24N2O3S. The van der Waals surface area contributed by atoms with E-state index in [4.69, 9.17) is 4.74 Å². The van der Waals surface area contributed by atoms with E-state index < -0.39 is 10.0 Å². The van der Waals surface area contributed by atoms with E-state index >= 15 is 0 Å². The van der Waals surface area contributed by atoms with Gasteiger partial charge in [-0.05, 0) is 50.1 Å². The second-order valence-corrected chi connectivity index (χ2v) is 7.27. The molecule has 1 aliphatic rings. The Morgan fingerprint density at radius 2 is 1.95 bits per heavy atom. The highest BCUT2D eigenvalue weighted by Gasteiger charge is 2.33. The molecule has 0 radical (unpaired) electrons. The number of hydrogen-bond acceptors (Lipinski definition) is 4. The Labute approximate surface area is 127 Å². The number of aryl methyl sites for hydroxylation is 2. The average Bonchev–Trinajstić information content (AvgIpc) is 2.91. The molecule has 1 unspecified atom stereocenters. The van der Waals surface area contributed by atoms with Crippen LogP contribution in [0, 0.1) is 13.8 Å². The number of hydrogen-bond donors (Lipinski definition) is 1. The molecular weight excluding hydrogens is 288 g/mol. The van der Waals surface area contributed by atoms with Crippen molar-refractivity contribution in [2.24, 2.45) is 0 Å². The molecule has 1 aliphatic heterocycles. The van der Waals surface area contributed by atoms with Crippen LogP contribution in [0.25, 0.3) is 0 Å². The Morgan fingerprint density at radius 3 is 2.38 bits per heavy atom. The van der Waals surface area contributed by atoms with Crippen LogP contribution in [0.1, 0.15) is 24.5 Å². The molecule has 1 aromatic rings. The zero-order chi connectivity index (χ0) is 15.6. The molecule has 1 N–H and O–H groups in total. The molecule has 0 amide bonds. The first kappa shape index (κ1) is 16.3. The number of methoxy groups -OCH3 is 1. The largest absolute Gasteiger partial charge is 0.497 e. The molecule has 1 aromatic carbocycles. The monoisotopic (exact) mass is 312 g/mol. The van der Waals surface area contributed by atoms with Crippen LogP contribution in [0.2, 0.25) is 0 Å².